The molecule has 2 rings (SSSR count). The Labute approximate surface area is 80.8 Å². The fourth-order valence-corrected chi connectivity index (χ4v) is 1.49. The van der Waals surface area contributed by atoms with E-state index in [9.17, 15) is 0 Å². The van der Waals surface area contributed by atoms with Crippen LogP contribution in [0.25, 0.3) is 11.3 Å². The second-order valence-electron chi connectivity index (χ2n) is 2.71. The molecule has 0 saturated carbocycles. The van der Waals surface area contributed by atoms with Gasteiger partial charge in [0.15, 0.2) is 0 Å². The lowest BCUT2D eigenvalue weighted by Crippen LogP contribution is -1.73. The summed E-state index contributed by atoms with van der Waals surface area (Å²) in [6, 6.07) is 11.9. The summed E-state index contributed by atoms with van der Waals surface area (Å²) in [6.07, 6.45) is 1.78. The average Bonchev–Trinajstić information content (AvgIpc) is 2.67. The normalized spacial score (nSPS) is 10.2. The highest BCUT2D eigenvalue weighted by atomic mass is 32.2. The molecule has 0 aliphatic rings. The van der Waals surface area contributed by atoms with Gasteiger partial charge in [-0.05, 0) is 11.6 Å². The molecule has 0 fully saturated rings. The molecule has 1 aromatic carbocycles. The van der Waals surface area contributed by atoms with E-state index in [1.165, 1.54) is 0 Å². The van der Waals surface area contributed by atoms with Crippen molar-refractivity contribution < 1.29 is 4.55 Å². The molecule has 13 heavy (non-hydrogen) atoms. The van der Waals surface area contributed by atoms with Crippen molar-refractivity contribution in [2.24, 2.45) is 0 Å². The molecule has 0 bridgehead atoms. The number of nitrogens with one attached hydrogen (secondary N) is 1. The second-order valence-corrected chi connectivity index (χ2v) is 3.36. The van der Waals surface area contributed by atoms with Gasteiger partial charge in [0.25, 0.3) is 0 Å². The van der Waals surface area contributed by atoms with Crippen LogP contribution in [0.15, 0.2) is 47.5 Å². The molecule has 0 unspecified atom stereocenters. The molecule has 2 N–H and O–H groups in total. The van der Waals surface area contributed by atoms with E-state index in [0.29, 0.717) is 0 Å². The van der Waals surface area contributed by atoms with E-state index in [0.717, 1.165) is 28.2 Å². The van der Waals surface area contributed by atoms with Crippen LogP contribution in [-0.4, -0.2) is 9.54 Å². The van der Waals surface area contributed by atoms with Crippen LogP contribution in [0.1, 0.15) is 0 Å². The van der Waals surface area contributed by atoms with E-state index < -0.39 is 0 Å². The molecule has 0 aliphatic heterocycles. The van der Waals surface area contributed by atoms with Crippen molar-refractivity contribution in [2.75, 3.05) is 0 Å². The maximum atomic E-state index is 8.79. The molecule has 66 valence electrons. The highest BCUT2D eigenvalue weighted by molar-refractivity contribution is 7.93. The zero-order valence-electron chi connectivity index (χ0n) is 6.90. The van der Waals surface area contributed by atoms with Gasteiger partial charge in [0.05, 0.1) is 4.90 Å². The smallest absolute Gasteiger partial charge is 0.0531 e. The minimum atomic E-state index is 0.753. The Morgan fingerprint density at radius 3 is 2.54 bits per heavy atom. The number of hydrogen-bond donors (Lipinski definition) is 2. The number of benzene rings is 1. The van der Waals surface area contributed by atoms with Gasteiger partial charge >= 0.3 is 0 Å². The van der Waals surface area contributed by atoms with Gasteiger partial charge in [-0.15, -0.1) is 0 Å². The monoisotopic (exact) mass is 191 g/mol. The van der Waals surface area contributed by atoms with E-state index in [1.807, 2.05) is 36.4 Å². The van der Waals surface area contributed by atoms with Gasteiger partial charge < -0.3 is 9.54 Å². The molecule has 2 nitrogen and oxygen atoms in total. The molecule has 0 radical (unpaired) electrons. The predicted octanol–water partition coefficient (Wildman–Crippen LogP) is 3.25. The van der Waals surface area contributed by atoms with Crippen LogP contribution in [0.5, 0.6) is 0 Å². The maximum absolute atomic E-state index is 8.79. The van der Waals surface area contributed by atoms with E-state index >= 15 is 0 Å². The zero-order valence-corrected chi connectivity index (χ0v) is 7.71. The standard InChI is InChI=1S/C10H9NOS/c12-13-9-6-10(11-7-9)8-4-2-1-3-5-8/h1-7,11-12H. The minimum Gasteiger partial charge on any atom is -0.360 e. The van der Waals surface area contributed by atoms with Crippen molar-refractivity contribution in [2.45, 2.75) is 4.90 Å². The first-order valence-electron chi connectivity index (χ1n) is 3.95. The van der Waals surface area contributed by atoms with Crippen molar-refractivity contribution in [3.8, 4) is 11.3 Å². The van der Waals surface area contributed by atoms with Crippen molar-refractivity contribution in [3.63, 3.8) is 0 Å². The summed E-state index contributed by atoms with van der Waals surface area (Å²) in [6.45, 7) is 0. The summed E-state index contributed by atoms with van der Waals surface area (Å²) in [5.41, 5.74) is 2.15. The number of aromatic nitrogens is 1. The summed E-state index contributed by atoms with van der Waals surface area (Å²) in [4.78, 5) is 3.92. The highest BCUT2D eigenvalue weighted by Gasteiger charge is 2.00. The summed E-state index contributed by atoms with van der Waals surface area (Å²) in [7, 11) is 0. The Hall–Kier alpha value is -1.19. The lowest BCUT2D eigenvalue weighted by Gasteiger charge is -1.94. The van der Waals surface area contributed by atoms with Gasteiger partial charge in [0.2, 0.25) is 0 Å². The van der Waals surface area contributed by atoms with Crippen molar-refractivity contribution in [3.05, 3.63) is 42.6 Å². The SMILES string of the molecule is OSc1c[nH]c(-c2ccccc2)c1. The Bertz CT molecular complexity index is 383. The molecule has 0 saturated heterocycles. The molecule has 0 spiro atoms. The summed E-state index contributed by atoms with van der Waals surface area (Å²) in [5.74, 6) is 0. The van der Waals surface area contributed by atoms with Gasteiger partial charge in [-0.1, -0.05) is 30.3 Å². The van der Waals surface area contributed by atoms with E-state index in [-0.39, 0.29) is 0 Å². The van der Waals surface area contributed by atoms with Crippen molar-refractivity contribution >= 4 is 12.0 Å². The molecule has 2 aromatic rings. The Kier molecular flexibility index (Phi) is 2.38. The Morgan fingerprint density at radius 2 is 1.92 bits per heavy atom. The topological polar surface area (TPSA) is 36.0 Å². The van der Waals surface area contributed by atoms with Crippen LogP contribution in [-0.2, 0) is 0 Å². The molecule has 0 aliphatic carbocycles. The van der Waals surface area contributed by atoms with Crippen LogP contribution < -0.4 is 0 Å². The Balaban J connectivity index is 2.36. The lowest BCUT2D eigenvalue weighted by atomic mass is 10.2. The van der Waals surface area contributed by atoms with Crippen LogP contribution in [0.2, 0.25) is 0 Å². The molecular formula is C10H9NOS. The largest absolute Gasteiger partial charge is 0.360 e. The molecule has 1 aromatic heterocycles. The van der Waals surface area contributed by atoms with Crippen molar-refractivity contribution in [1.29, 1.82) is 0 Å². The third kappa shape index (κ3) is 1.76. The van der Waals surface area contributed by atoms with Crippen LogP contribution >= 0.6 is 12.0 Å². The number of aromatic amines is 1. The zero-order chi connectivity index (χ0) is 9.10. The first-order chi connectivity index (χ1) is 6.40. The number of H-pyrrole nitrogens is 1. The van der Waals surface area contributed by atoms with Gasteiger partial charge in [-0.2, -0.15) is 0 Å². The van der Waals surface area contributed by atoms with Crippen LogP contribution in [0.3, 0.4) is 0 Å². The second kappa shape index (κ2) is 3.68. The molecule has 0 atom stereocenters. The summed E-state index contributed by atoms with van der Waals surface area (Å²) < 4.78 is 8.79. The average molecular weight is 191 g/mol. The fourth-order valence-electron chi connectivity index (χ4n) is 1.21. The summed E-state index contributed by atoms with van der Waals surface area (Å²) in [5, 5.41) is 0. The molecule has 0 amide bonds. The van der Waals surface area contributed by atoms with Crippen LogP contribution in [0, 0.1) is 0 Å². The number of rotatable bonds is 2. The van der Waals surface area contributed by atoms with Crippen LogP contribution in [0.4, 0.5) is 0 Å². The highest BCUT2D eigenvalue weighted by Crippen LogP contribution is 2.22. The molecular weight excluding hydrogens is 182 g/mol. The van der Waals surface area contributed by atoms with E-state index in [4.69, 9.17) is 4.55 Å². The van der Waals surface area contributed by atoms with E-state index in [1.54, 1.807) is 6.20 Å². The van der Waals surface area contributed by atoms with Crippen molar-refractivity contribution in [1.82, 2.24) is 4.98 Å². The first kappa shape index (κ1) is 8.41. The lowest BCUT2D eigenvalue weighted by molar-refractivity contribution is 0.664. The third-order valence-electron chi connectivity index (χ3n) is 1.85. The molecule has 1 heterocycles. The predicted molar refractivity (Wildman–Crippen MR) is 54.7 cm³/mol. The van der Waals surface area contributed by atoms with Gasteiger partial charge in [0.1, 0.15) is 0 Å². The van der Waals surface area contributed by atoms with E-state index in [2.05, 4.69) is 4.98 Å². The number of hydrogen-bond acceptors (Lipinski definition) is 2. The fraction of sp³-hybridized carbons (Fsp3) is 0. The van der Waals surface area contributed by atoms with Gasteiger partial charge in [0, 0.05) is 23.9 Å². The third-order valence-corrected chi connectivity index (χ3v) is 2.29. The summed E-state index contributed by atoms with van der Waals surface area (Å²) >= 11 is 0.753. The van der Waals surface area contributed by atoms with Gasteiger partial charge in [-0.3, -0.25) is 0 Å². The maximum Gasteiger partial charge on any atom is 0.0531 e. The van der Waals surface area contributed by atoms with Gasteiger partial charge in [-0.25, -0.2) is 0 Å². The minimum absolute atomic E-state index is 0.753. The Morgan fingerprint density at radius 1 is 1.15 bits per heavy atom. The molecule has 3 heteroatoms. The quantitative estimate of drug-likeness (QED) is 0.715. The first-order valence-corrected chi connectivity index (χ1v) is 4.73.